The maximum atomic E-state index is 10.1. The molecule has 3 aliphatic rings. The molecule has 116 valence electrons. The molecule has 3 rings (SSSR count). The van der Waals surface area contributed by atoms with Crippen LogP contribution in [0.2, 0.25) is 0 Å². The molecule has 1 saturated heterocycles. The molecule has 4 heteroatoms. The first-order chi connectivity index (χ1) is 9.65. The van der Waals surface area contributed by atoms with Crippen LogP contribution in [0.1, 0.15) is 57.8 Å². The van der Waals surface area contributed by atoms with Crippen LogP contribution in [0.5, 0.6) is 0 Å². The Bertz CT molecular complexity index is 308. The number of rotatable bonds is 2. The molecule has 4 nitrogen and oxygen atoms in total. The molecule has 0 aromatic rings. The Morgan fingerprint density at radius 3 is 1.90 bits per heavy atom. The summed E-state index contributed by atoms with van der Waals surface area (Å²) in [5, 5.41) is 29.5. The summed E-state index contributed by atoms with van der Waals surface area (Å²) in [5.74, 6) is 2.06. The third-order valence-corrected chi connectivity index (χ3v) is 5.84. The lowest BCUT2D eigenvalue weighted by atomic mass is 9.72. The average Bonchev–Trinajstić information content (AvgIpc) is 2.97. The number of aliphatic hydroxyl groups excluding tert-OH is 3. The van der Waals surface area contributed by atoms with Crippen molar-refractivity contribution in [3.05, 3.63) is 0 Å². The van der Waals surface area contributed by atoms with Crippen LogP contribution in [-0.2, 0) is 4.74 Å². The van der Waals surface area contributed by atoms with Gasteiger partial charge in [0.05, 0.1) is 12.2 Å². The van der Waals surface area contributed by atoms with E-state index in [1.807, 2.05) is 0 Å². The Kier molecular flexibility index (Phi) is 4.65. The van der Waals surface area contributed by atoms with Gasteiger partial charge >= 0.3 is 0 Å². The zero-order valence-electron chi connectivity index (χ0n) is 12.2. The van der Waals surface area contributed by atoms with E-state index in [9.17, 15) is 15.3 Å². The summed E-state index contributed by atoms with van der Waals surface area (Å²) in [6.45, 7) is 0. The normalized spacial score (nSPS) is 47.5. The van der Waals surface area contributed by atoms with E-state index >= 15 is 0 Å². The van der Waals surface area contributed by atoms with Gasteiger partial charge in [-0.3, -0.25) is 0 Å². The van der Waals surface area contributed by atoms with Crippen molar-refractivity contribution in [2.45, 2.75) is 82.4 Å². The van der Waals surface area contributed by atoms with Gasteiger partial charge in [-0.1, -0.05) is 25.7 Å². The number of hydrogen-bond donors (Lipinski definition) is 3. The van der Waals surface area contributed by atoms with Crippen LogP contribution in [0, 0.1) is 17.8 Å². The third kappa shape index (κ3) is 3.03. The minimum absolute atomic E-state index is 0.120. The van der Waals surface area contributed by atoms with E-state index in [1.54, 1.807) is 0 Å². The molecule has 20 heavy (non-hydrogen) atoms. The predicted octanol–water partition coefficient (Wildman–Crippen LogP) is 1.81. The Morgan fingerprint density at radius 1 is 0.700 bits per heavy atom. The van der Waals surface area contributed by atoms with Gasteiger partial charge in [0.15, 0.2) is 6.29 Å². The van der Waals surface area contributed by atoms with E-state index < -0.39 is 24.6 Å². The molecule has 0 spiro atoms. The van der Waals surface area contributed by atoms with Gasteiger partial charge in [0.25, 0.3) is 0 Å². The first-order valence-corrected chi connectivity index (χ1v) is 8.35. The molecule has 2 saturated carbocycles. The van der Waals surface area contributed by atoms with E-state index in [1.165, 1.54) is 38.5 Å². The molecule has 4 atom stereocenters. The summed E-state index contributed by atoms with van der Waals surface area (Å²) >= 11 is 0. The van der Waals surface area contributed by atoms with Gasteiger partial charge in [-0.05, 0) is 43.4 Å². The Labute approximate surface area is 121 Å². The minimum Gasteiger partial charge on any atom is -0.390 e. The van der Waals surface area contributed by atoms with E-state index in [0.29, 0.717) is 0 Å². The van der Waals surface area contributed by atoms with E-state index in [2.05, 4.69) is 0 Å². The molecular formula is C16H28O4. The second-order valence-corrected chi connectivity index (χ2v) is 7.07. The van der Waals surface area contributed by atoms with Crippen LogP contribution in [0.25, 0.3) is 0 Å². The Hall–Kier alpha value is -0.160. The lowest BCUT2D eigenvalue weighted by molar-refractivity contribution is -0.248. The average molecular weight is 284 g/mol. The maximum Gasteiger partial charge on any atom is 0.157 e. The van der Waals surface area contributed by atoms with Crippen molar-refractivity contribution in [1.82, 2.24) is 0 Å². The zero-order valence-corrected chi connectivity index (χ0v) is 12.2. The van der Waals surface area contributed by atoms with Crippen molar-refractivity contribution >= 4 is 0 Å². The largest absolute Gasteiger partial charge is 0.390 e. The monoisotopic (exact) mass is 284 g/mol. The van der Waals surface area contributed by atoms with E-state index in [4.69, 9.17) is 4.74 Å². The van der Waals surface area contributed by atoms with Gasteiger partial charge in [-0.15, -0.1) is 0 Å². The zero-order chi connectivity index (χ0) is 14.1. The first-order valence-electron chi connectivity index (χ1n) is 8.35. The van der Waals surface area contributed by atoms with E-state index in [-0.39, 0.29) is 12.3 Å². The van der Waals surface area contributed by atoms with Gasteiger partial charge in [-0.2, -0.15) is 0 Å². The van der Waals surface area contributed by atoms with Crippen molar-refractivity contribution in [1.29, 1.82) is 0 Å². The van der Waals surface area contributed by atoms with Crippen LogP contribution in [0.3, 0.4) is 0 Å². The number of hydrogen-bond acceptors (Lipinski definition) is 4. The first kappa shape index (κ1) is 14.8. The molecule has 0 amide bonds. The quantitative estimate of drug-likeness (QED) is 0.723. The summed E-state index contributed by atoms with van der Waals surface area (Å²) < 4.78 is 5.51. The van der Waals surface area contributed by atoms with E-state index in [0.717, 1.165) is 24.7 Å². The van der Waals surface area contributed by atoms with Gasteiger partial charge in [0.2, 0.25) is 0 Å². The Morgan fingerprint density at radius 2 is 1.25 bits per heavy atom. The van der Waals surface area contributed by atoms with Crippen LogP contribution in [0.4, 0.5) is 0 Å². The summed E-state index contributed by atoms with van der Waals surface area (Å²) in [7, 11) is 0. The third-order valence-electron chi connectivity index (χ3n) is 5.84. The second kappa shape index (κ2) is 6.30. The standard InChI is InChI=1S/C16H28O4/c17-13-9-14(18)20-16(15(13)19)12-7-5-11(6-8-12)10-3-1-2-4-10/h10-19H,1-9H2. The van der Waals surface area contributed by atoms with Crippen molar-refractivity contribution in [2.75, 3.05) is 0 Å². The lowest BCUT2D eigenvalue weighted by Crippen LogP contribution is -2.52. The molecular weight excluding hydrogens is 256 g/mol. The molecule has 0 aromatic carbocycles. The summed E-state index contributed by atoms with van der Waals surface area (Å²) in [4.78, 5) is 0. The highest BCUT2D eigenvalue weighted by atomic mass is 16.6. The highest BCUT2D eigenvalue weighted by molar-refractivity contribution is 4.90. The highest BCUT2D eigenvalue weighted by Gasteiger charge is 2.42. The number of aliphatic hydroxyl groups is 3. The van der Waals surface area contributed by atoms with Gasteiger partial charge in [0.1, 0.15) is 6.10 Å². The minimum atomic E-state index is -0.925. The molecule has 0 radical (unpaired) electrons. The van der Waals surface area contributed by atoms with Gasteiger partial charge in [0, 0.05) is 6.42 Å². The summed E-state index contributed by atoms with van der Waals surface area (Å²) in [6.07, 6.45) is 7.25. The molecule has 0 aromatic heterocycles. The lowest BCUT2D eigenvalue weighted by Gasteiger charge is -2.42. The molecule has 3 fully saturated rings. The fourth-order valence-electron chi connectivity index (χ4n) is 4.65. The molecule has 3 N–H and O–H groups in total. The molecule has 4 unspecified atom stereocenters. The van der Waals surface area contributed by atoms with Crippen molar-refractivity contribution in [3.63, 3.8) is 0 Å². The van der Waals surface area contributed by atoms with Crippen molar-refractivity contribution < 1.29 is 20.1 Å². The molecule has 1 aliphatic heterocycles. The molecule has 0 bridgehead atoms. The molecule has 1 heterocycles. The predicted molar refractivity (Wildman–Crippen MR) is 74.9 cm³/mol. The Balaban J connectivity index is 1.54. The topological polar surface area (TPSA) is 69.9 Å². The maximum absolute atomic E-state index is 10.1. The van der Waals surface area contributed by atoms with Crippen LogP contribution in [-0.4, -0.2) is 39.9 Å². The van der Waals surface area contributed by atoms with Gasteiger partial charge < -0.3 is 20.1 Å². The van der Waals surface area contributed by atoms with Crippen LogP contribution < -0.4 is 0 Å². The smallest absolute Gasteiger partial charge is 0.157 e. The second-order valence-electron chi connectivity index (χ2n) is 7.07. The summed E-state index contributed by atoms with van der Waals surface area (Å²) in [5.41, 5.74) is 0. The highest BCUT2D eigenvalue weighted by Crippen LogP contribution is 2.43. The van der Waals surface area contributed by atoms with Crippen molar-refractivity contribution in [3.8, 4) is 0 Å². The SMILES string of the molecule is OC1CC(O)C(O)C(C2CCC(C3CCCC3)CC2)O1. The van der Waals surface area contributed by atoms with Crippen LogP contribution >= 0.6 is 0 Å². The van der Waals surface area contributed by atoms with Crippen molar-refractivity contribution in [2.24, 2.45) is 17.8 Å². The van der Waals surface area contributed by atoms with Gasteiger partial charge in [-0.25, -0.2) is 0 Å². The fourth-order valence-corrected chi connectivity index (χ4v) is 4.65. The van der Waals surface area contributed by atoms with Crippen LogP contribution in [0.15, 0.2) is 0 Å². The molecule has 2 aliphatic carbocycles. The fraction of sp³-hybridized carbons (Fsp3) is 1.00. The number of ether oxygens (including phenoxy) is 1. The summed E-state index contributed by atoms with van der Waals surface area (Å²) in [6, 6.07) is 0.